The lowest BCUT2D eigenvalue weighted by atomic mass is 10.3. The highest BCUT2D eigenvalue weighted by molar-refractivity contribution is 5.73. The van der Waals surface area contributed by atoms with Crippen molar-refractivity contribution < 1.29 is 15.0 Å². The minimum Gasteiger partial charge on any atom is -0.480 e. The third-order valence-electron chi connectivity index (χ3n) is 0.784. The number of rotatable bonds is 2. The molecule has 1 unspecified atom stereocenters. The van der Waals surface area contributed by atoms with Gasteiger partial charge in [0.05, 0.1) is 6.61 Å². The number of nitriles is 2. The zero-order chi connectivity index (χ0) is 10.9. The summed E-state index contributed by atoms with van der Waals surface area (Å²) in [6, 6.07) is 1.99. The van der Waals surface area contributed by atoms with E-state index in [0.29, 0.717) is 0 Å². The smallest absolute Gasteiger partial charge is 0.322 e. The van der Waals surface area contributed by atoms with Gasteiger partial charge in [0.25, 0.3) is 0 Å². The maximum atomic E-state index is 9.65. The second-order valence-electron chi connectivity index (χ2n) is 1.83. The second-order valence-corrected chi connectivity index (χ2v) is 1.83. The molecule has 0 heterocycles. The summed E-state index contributed by atoms with van der Waals surface area (Å²) < 4.78 is 0. The fraction of sp³-hybridized carbons (Fsp3) is 0.286. The average molecular weight is 183 g/mol. The molecular weight excluding hydrogens is 174 g/mol. The van der Waals surface area contributed by atoms with Gasteiger partial charge in [0.1, 0.15) is 23.8 Å². The number of carboxylic acids is 1. The number of allylic oxidation sites excluding steroid dienone is 1. The van der Waals surface area contributed by atoms with Gasteiger partial charge >= 0.3 is 5.97 Å². The van der Waals surface area contributed by atoms with Crippen LogP contribution in [0, 0.1) is 22.7 Å². The summed E-state index contributed by atoms with van der Waals surface area (Å²) in [7, 11) is 0. The molecule has 0 aromatic rings. The van der Waals surface area contributed by atoms with Crippen molar-refractivity contribution in [3.63, 3.8) is 0 Å². The summed E-state index contributed by atoms with van der Waals surface area (Å²) in [5, 5.41) is 31.4. The van der Waals surface area contributed by atoms with Crippen LogP contribution >= 0.6 is 0 Å². The van der Waals surface area contributed by atoms with Gasteiger partial charge in [-0.05, 0) is 0 Å². The van der Waals surface area contributed by atoms with Gasteiger partial charge in [0.2, 0.25) is 0 Å². The summed E-state index contributed by atoms with van der Waals surface area (Å²) in [4.78, 5) is 9.65. The molecule has 0 aliphatic rings. The third kappa shape index (κ3) is 10.1. The summed E-state index contributed by atoms with van der Waals surface area (Å²) in [6.45, 7) is 2.56. The predicted molar refractivity (Wildman–Crippen MR) is 43.1 cm³/mol. The Kier molecular flexibility index (Phi) is 8.64. The lowest BCUT2D eigenvalue weighted by Crippen LogP contribution is -2.33. The molecule has 4 N–H and O–H groups in total. The molecule has 13 heavy (non-hydrogen) atoms. The Hall–Kier alpha value is -1.89. The van der Waals surface area contributed by atoms with Crippen LogP contribution in [0.3, 0.4) is 0 Å². The minimum absolute atomic E-state index is 0.0463. The van der Waals surface area contributed by atoms with E-state index < -0.39 is 18.6 Å². The van der Waals surface area contributed by atoms with Crippen LogP contribution in [0.2, 0.25) is 0 Å². The molecule has 0 radical (unpaired) electrons. The highest BCUT2D eigenvalue weighted by Gasteiger charge is 2.06. The van der Waals surface area contributed by atoms with Gasteiger partial charge in [-0.25, -0.2) is 0 Å². The second kappa shape index (κ2) is 8.21. The first kappa shape index (κ1) is 13.7. The van der Waals surface area contributed by atoms with E-state index >= 15 is 0 Å². The Bertz CT molecular complexity index is 245. The van der Waals surface area contributed by atoms with Gasteiger partial charge in [-0.1, -0.05) is 6.58 Å². The number of nitrogens with zero attached hydrogens (tertiary/aromatic N) is 2. The van der Waals surface area contributed by atoms with Gasteiger partial charge in [-0.15, -0.1) is 0 Å². The first-order valence-electron chi connectivity index (χ1n) is 3.07. The van der Waals surface area contributed by atoms with Gasteiger partial charge in [0, 0.05) is 0 Å². The van der Waals surface area contributed by atoms with Crippen LogP contribution in [0.4, 0.5) is 0 Å². The first-order chi connectivity index (χ1) is 5.99. The maximum absolute atomic E-state index is 9.65. The number of aliphatic carboxylic acids is 1. The van der Waals surface area contributed by atoms with Crippen molar-refractivity contribution in [2.24, 2.45) is 5.73 Å². The normalized spacial score (nSPS) is 9.54. The van der Waals surface area contributed by atoms with Gasteiger partial charge in [-0.3, -0.25) is 4.79 Å². The predicted octanol–water partition coefficient (Wildman–Crippen LogP) is -1.02. The lowest BCUT2D eigenvalue weighted by Gasteiger charge is -1.96. The van der Waals surface area contributed by atoms with Gasteiger partial charge < -0.3 is 15.9 Å². The number of aliphatic hydroxyl groups excluding tert-OH is 1. The quantitative estimate of drug-likeness (QED) is 0.469. The van der Waals surface area contributed by atoms with Crippen LogP contribution in [-0.2, 0) is 4.79 Å². The highest BCUT2D eigenvalue weighted by Crippen LogP contribution is 1.75. The average Bonchev–Trinajstić information content (AvgIpc) is 2.16. The number of aliphatic hydroxyl groups is 1. The van der Waals surface area contributed by atoms with E-state index in [1.54, 1.807) is 12.1 Å². The molecule has 0 aromatic carbocycles. The maximum Gasteiger partial charge on any atom is 0.322 e. The molecule has 0 aliphatic carbocycles. The zero-order valence-electron chi connectivity index (χ0n) is 6.77. The number of hydrogen-bond acceptors (Lipinski definition) is 5. The molecule has 1 atom stereocenters. The van der Waals surface area contributed by atoms with Crippen LogP contribution in [0.5, 0.6) is 0 Å². The number of hydrogen-bond donors (Lipinski definition) is 3. The van der Waals surface area contributed by atoms with Crippen molar-refractivity contribution in [3.8, 4) is 12.1 Å². The van der Waals surface area contributed by atoms with Crippen molar-refractivity contribution in [2.75, 3.05) is 6.61 Å². The summed E-state index contributed by atoms with van der Waals surface area (Å²) in [5.41, 5.74) is 4.72. The molecule has 6 heteroatoms. The summed E-state index contributed by atoms with van der Waals surface area (Å²) in [6.07, 6.45) is 0. The topological polar surface area (TPSA) is 131 Å². The molecular formula is C7H9N3O3. The van der Waals surface area contributed by atoms with Crippen molar-refractivity contribution in [1.29, 1.82) is 10.5 Å². The van der Waals surface area contributed by atoms with Crippen LogP contribution < -0.4 is 5.73 Å². The molecule has 0 rings (SSSR count). The SMILES string of the molecule is C=C(C#N)C#N.NC(CO)C(=O)O. The molecule has 0 aliphatic heterocycles. The molecule has 6 nitrogen and oxygen atoms in total. The molecule has 0 spiro atoms. The van der Waals surface area contributed by atoms with E-state index in [1.165, 1.54) is 0 Å². The molecule has 0 aromatic heterocycles. The fourth-order valence-electron chi connectivity index (χ4n) is 0.103. The molecule has 0 amide bonds. The van der Waals surface area contributed by atoms with Crippen LogP contribution in [0.25, 0.3) is 0 Å². The molecule has 0 bridgehead atoms. The van der Waals surface area contributed by atoms with E-state index in [4.69, 9.17) is 26.5 Å². The monoisotopic (exact) mass is 183 g/mol. The fourth-order valence-corrected chi connectivity index (χ4v) is 0.103. The molecule has 0 fully saturated rings. The van der Waals surface area contributed by atoms with E-state index in [2.05, 4.69) is 6.58 Å². The van der Waals surface area contributed by atoms with Crippen molar-refractivity contribution in [1.82, 2.24) is 0 Å². The van der Waals surface area contributed by atoms with Crippen molar-refractivity contribution in [3.05, 3.63) is 12.2 Å². The van der Waals surface area contributed by atoms with E-state index in [0.717, 1.165) is 0 Å². The van der Waals surface area contributed by atoms with Gasteiger partial charge in [-0.2, -0.15) is 10.5 Å². The lowest BCUT2D eigenvalue weighted by molar-refractivity contribution is -0.139. The minimum atomic E-state index is -1.18. The summed E-state index contributed by atoms with van der Waals surface area (Å²) in [5.74, 6) is -1.18. The molecule has 0 saturated heterocycles. The van der Waals surface area contributed by atoms with Crippen LogP contribution in [0.1, 0.15) is 0 Å². The molecule has 0 saturated carbocycles. The standard InChI is InChI=1S/C4H2N2.C3H7NO3/c1-4(2-5)3-6;4-2(1-5)3(6)7/h1H2;2,5H,1,4H2,(H,6,7). The van der Waals surface area contributed by atoms with Crippen molar-refractivity contribution >= 4 is 5.97 Å². The van der Waals surface area contributed by atoms with Crippen molar-refractivity contribution in [2.45, 2.75) is 6.04 Å². The Morgan fingerprint density at radius 3 is 1.92 bits per heavy atom. The Morgan fingerprint density at radius 1 is 1.54 bits per heavy atom. The van der Waals surface area contributed by atoms with Crippen LogP contribution in [-0.4, -0.2) is 28.8 Å². The summed E-state index contributed by atoms with van der Waals surface area (Å²) >= 11 is 0. The van der Waals surface area contributed by atoms with Crippen LogP contribution in [0.15, 0.2) is 12.2 Å². The Labute approximate surface area is 75.1 Å². The van der Waals surface area contributed by atoms with E-state index in [-0.39, 0.29) is 5.57 Å². The number of carbonyl (C=O) groups is 1. The highest BCUT2D eigenvalue weighted by atomic mass is 16.4. The zero-order valence-corrected chi connectivity index (χ0v) is 6.77. The Morgan fingerprint density at radius 2 is 1.92 bits per heavy atom. The largest absolute Gasteiger partial charge is 0.480 e. The third-order valence-corrected chi connectivity index (χ3v) is 0.784. The first-order valence-corrected chi connectivity index (χ1v) is 3.07. The molecule has 70 valence electrons. The Balaban J connectivity index is 0. The van der Waals surface area contributed by atoms with E-state index in [1.807, 2.05) is 0 Å². The van der Waals surface area contributed by atoms with E-state index in [9.17, 15) is 4.79 Å². The number of carboxylic acid groups (broad SMARTS) is 1. The number of nitrogens with two attached hydrogens (primary N) is 1. The van der Waals surface area contributed by atoms with Gasteiger partial charge in [0.15, 0.2) is 0 Å².